The third-order valence-corrected chi connectivity index (χ3v) is 10.2. The van der Waals surface area contributed by atoms with Crippen molar-refractivity contribution in [2.75, 3.05) is 26.8 Å². The van der Waals surface area contributed by atoms with Crippen molar-refractivity contribution >= 4 is 24.8 Å². The first-order valence-electron chi connectivity index (χ1n) is 10.8. The summed E-state index contributed by atoms with van der Waals surface area (Å²) in [5.41, 5.74) is 0.709. The second-order valence-electron chi connectivity index (χ2n) is 8.42. The van der Waals surface area contributed by atoms with Crippen LogP contribution in [0.15, 0.2) is 72.4 Å². The van der Waals surface area contributed by atoms with Gasteiger partial charge < -0.3 is 19.8 Å². The highest BCUT2D eigenvalue weighted by Gasteiger charge is 2.50. The van der Waals surface area contributed by atoms with Crippen LogP contribution in [-0.4, -0.2) is 41.2 Å². The van der Waals surface area contributed by atoms with E-state index in [0.29, 0.717) is 25.3 Å². The molecule has 0 fully saturated rings. The SMILES string of the molecule is CNC(=O)OCCCN/C(=C\C#N)CO[Si](c1ccccc1)(c1ccccc1)C(C)(C)C. The van der Waals surface area contributed by atoms with Gasteiger partial charge in [-0.15, -0.1) is 0 Å². The second kappa shape index (κ2) is 12.1. The van der Waals surface area contributed by atoms with Crippen LogP contribution >= 0.6 is 0 Å². The molecule has 1 amide bonds. The number of hydrogen-bond acceptors (Lipinski definition) is 5. The lowest BCUT2D eigenvalue weighted by molar-refractivity contribution is 0.147. The van der Waals surface area contributed by atoms with Crippen molar-refractivity contribution in [1.82, 2.24) is 10.6 Å². The van der Waals surface area contributed by atoms with Crippen LogP contribution in [0.4, 0.5) is 4.79 Å². The second-order valence-corrected chi connectivity index (χ2v) is 12.7. The molecule has 0 bridgehead atoms. The summed E-state index contributed by atoms with van der Waals surface area (Å²) in [5, 5.41) is 17.2. The molecule has 2 rings (SSSR count). The Morgan fingerprint density at radius 2 is 1.62 bits per heavy atom. The van der Waals surface area contributed by atoms with E-state index in [2.05, 4.69) is 61.7 Å². The largest absolute Gasteiger partial charge is 0.450 e. The van der Waals surface area contributed by atoms with Crippen LogP contribution in [0.2, 0.25) is 5.04 Å². The molecule has 0 saturated carbocycles. The van der Waals surface area contributed by atoms with Crippen molar-refractivity contribution in [2.24, 2.45) is 0 Å². The minimum atomic E-state index is -2.68. The minimum Gasteiger partial charge on any atom is -0.450 e. The van der Waals surface area contributed by atoms with E-state index < -0.39 is 14.4 Å². The van der Waals surface area contributed by atoms with Gasteiger partial charge in [0.2, 0.25) is 0 Å². The fourth-order valence-corrected chi connectivity index (χ4v) is 8.25. The van der Waals surface area contributed by atoms with E-state index >= 15 is 0 Å². The van der Waals surface area contributed by atoms with Crippen molar-refractivity contribution in [3.8, 4) is 6.07 Å². The average Bonchev–Trinajstić information content (AvgIpc) is 2.79. The molecule has 0 aliphatic carbocycles. The molecule has 0 aliphatic rings. The molecule has 0 spiro atoms. The molecule has 0 radical (unpaired) electrons. The zero-order valence-corrected chi connectivity index (χ0v) is 20.4. The van der Waals surface area contributed by atoms with Crippen molar-refractivity contribution in [3.05, 3.63) is 72.4 Å². The van der Waals surface area contributed by atoms with Gasteiger partial charge in [-0.25, -0.2) is 4.79 Å². The summed E-state index contributed by atoms with van der Waals surface area (Å²) in [6, 6.07) is 22.9. The van der Waals surface area contributed by atoms with Crippen molar-refractivity contribution in [3.63, 3.8) is 0 Å². The average molecular weight is 452 g/mol. The van der Waals surface area contributed by atoms with Crippen LogP contribution in [-0.2, 0) is 9.16 Å². The van der Waals surface area contributed by atoms with E-state index in [1.54, 1.807) is 0 Å². The molecule has 2 aromatic rings. The smallest absolute Gasteiger partial charge is 0.406 e. The first-order valence-corrected chi connectivity index (χ1v) is 12.7. The lowest BCUT2D eigenvalue weighted by atomic mass is 10.2. The fourth-order valence-electron chi connectivity index (χ4n) is 3.73. The van der Waals surface area contributed by atoms with Crippen LogP contribution in [0.25, 0.3) is 0 Å². The standard InChI is InChI=1S/C25H33N3O3Si/c1-25(2,3)32(22-12-7-5-8-13-22,23-14-9-6-10-15-23)31-20-21(16-17-26)28-18-11-19-30-24(29)27-4/h5-10,12-16,28H,11,18-20H2,1-4H3,(H,27,29)/b21-16-. The predicted octanol–water partition coefficient (Wildman–Crippen LogP) is 3.31. The molecule has 0 aliphatic heterocycles. The van der Waals surface area contributed by atoms with E-state index in [1.807, 2.05) is 36.4 Å². The maximum absolute atomic E-state index is 11.2. The Bertz CT molecular complexity index is 879. The Balaban J connectivity index is 2.25. The fraction of sp³-hybridized carbons (Fsp3) is 0.360. The van der Waals surface area contributed by atoms with Gasteiger partial charge in [0.1, 0.15) is 0 Å². The molecule has 0 heterocycles. The summed E-state index contributed by atoms with van der Waals surface area (Å²) < 4.78 is 11.9. The normalized spacial score (nSPS) is 12.0. The summed E-state index contributed by atoms with van der Waals surface area (Å²) in [5.74, 6) is 0. The summed E-state index contributed by atoms with van der Waals surface area (Å²) >= 11 is 0. The molecule has 2 aromatic carbocycles. The summed E-state index contributed by atoms with van der Waals surface area (Å²) in [6.07, 6.45) is 1.65. The molecule has 170 valence electrons. The first-order chi connectivity index (χ1) is 15.3. The number of nitrogens with one attached hydrogen (secondary N) is 2. The number of benzene rings is 2. The van der Waals surface area contributed by atoms with E-state index in [-0.39, 0.29) is 11.6 Å². The zero-order chi connectivity index (χ0) is 23.5. The van der Waals surface area contributed by atoms with Crippen molar-refractivity contribution in [1.29, 1.82) is 5.26 Å². The number of nitriles is 1. The Morgan fingerprint density at radius 1 is 1.06 bits per heavy atom. The van der Waals surface area contributed by atoms with Gasteiger partial charge in [-0.05, 0) is 21.8 Å². The molecule has 6 nitrogen and oxygen atoms in total. The molecular formula is C25H33N3O3Si. The number of nitrogens with zero attached hydrogens (tertiary/aromatic N) is 1. The van der Waals surface area contributed by atoms with E-state index in [4.69, 9.17) is 9.16 Å². The molecule has 0 unspecified atom stereocenters. The number of carbonyl (C=O) groups is 1. The highest BCUT2D eigenvalue weighted by molar-refractivity contribution is 6.99. The van der Waals surface area contributed by atoms with Gasteiger partial charge in [-0.3, -0.25) is 0 Å². The molecule has 0 aromatic heterocycles. The molecule has 0 saturated heterocycles. The number of amides is 1. The zero-order valence-electron chi connectivity index (χ0n) is 19.4. The van der Waals surface area contributed by atoms with Crippen molar-refractivity contribution in [2.45, 2.75) is 32.2 Å². The Labute approximate surface area is 192 Å². The van der Waals surface area contributed by atoms with Gasteiger partial charge in [-0.1, -0.05) is 81.4 Å². The van der Waals surface area contributed by atoms with Gasteiger partial charge in [0.05, 0.1) is 19.3 Å². The van der Waals surface area contributed by atoms with Gasteiger partial charge in [0, 0.05) is 25.4 Å². The van der Waals surface area contributed by atoms with Gasteiger partial charge in [0.25, 0.3) is 8.32 Å². The molecule has 2 N–H and O–H groups in total. The third-order valence-electron chi connectivity index (χ3n) is 5.21. The van der Waals surface area contributed by atoms with Crippen LogP contribution in [0.3, 0.4) is 0 Å². The molecular weight excluding hydrogens is 418 g/mol. The van der Waals surface area contributed by atoms with Gasteiger partial charge >= 0.3 is 6.09 Å². The molecule has 7 heteroatoms. The highest BCUT2D eigenvalue weighted by atomic mass is 28.4. The summed E-state index contributed by atoms with van der Waals surface area (Å²) in [7, 11) is -1.16. The van der Waals surface area contributed by atoms with E-state index in [9.17, 15) is 10.1 Å². The monoisotopic (exact) mass is 451 g/mol. The number of carbonyl (C=O) groups excluding carboxylic acids is 1. The third kappa shape index (κ3) is 6.46. The lowest BCUT2D eigenvalue weighted by Gasteiger charge is -2.43. The van der Waals surface area contributed by atoms with Crippen LogP contribution in [0.5, 0.6) is 0 Å². The van der Waals surface area contributed by atoms with Crippen LogP contribution in [0.1, 0.15) is 27.2 Å². The van der Waals surface area contributed by atoms with Gasteiger partial charge in [-0.2, -0.15) is 5.26 Å². The maximum atomic E-state index is 11.2. The summed E-state index contributed by atoms with van der Waals surface area (Å²) in [4.78, 5) is 11.2. The van der Waals surface area contributed by atoms with Gasteiger partial charge in [0.15, 0.2) is 0 Å². The predicted molar refractivity (Wildman–Crippen MR) is 130 cm³/mol. The Morgan fingerprint density at radius 3 is 2.09 bits per heavy atom. The number of hydrogen-bond donors (Lipinski definition) is 2. The number of alkyl carbamates (subject to hydrolysis) is 1. The Hall–Kier alpha value is -3.08. The number of rotatable bonds is 10. The van der Waals surface area contributed by atoms with Crippen LogP contribution < -0.4 is 21.0 Å². The van der Waals surface area contributed by atoms with Crippen LogP contribution in [0, 0.1) is 11.3 Å². The Kier molecular flexibility index (Phi) is 9.51. The molecule has 32 heavy (non-hydrogen) atoms. The lowest BCUT2D eigenvalue weighted by Crippen LogP contribution is -2.66. The quantitative estimate of drug-likeness (QED) is 0.329. The number of allylic oxidation sites excluding steroid dienone is 1. The first kappa shape index (κ1) is 25.2. The highest BCUT2D eigenvalue weighted by Crippen LogP contribution is 2.36. The van der Waals surface area contributed by atoms with Crippen molar-refractivity contribution < 1.29 is 14.0 Å². The van der Waals surface area contributed by atoms with E-state index in [1.165, 1.54) is 23.5 Å². The van der Waals surface area contributed by atoms with E-state index in [0.717, 1.165) is 0 Å². The number of ether oxygens (including phenoxy) is 1. The maximum Gasteiger partial charge on any atom is 0.406 e. The topological polar surface area (TPSA) is 83.4 Å². The minimum absolute atomic E-state index is 0.144. The summed E-state index contributed by atoms with van der Waals surface area (Å²) in [6.45, 7) is 7.80. The molecule has 0 atom stereocenters.